The zero-order valence-corrected chi connectivity index (χ0v) is 13.4. The predicted molar refractivity (Wildman–Crippen MR) is 84.4 cm³/mol. The minimum atomic E-state index is -0.384. The van der Waals surface area contributed by atoms with Crippen molar-refractivity contribution in [3.8, 4) is 0 Å². The summed E-state index contributed by atoms with van der Waals surface area (Å²) in [5, 5.41) is 3.20. The van der Waals surface area contributed by atoms with E-state index >= 15 is 0 Å². The Labute approximate surface area is 135 Å². The van der Waals surface area contributed by atoms with E-state index in [4.69, 9.17) is 11.6 Å². The lowest BCUT2D eigenvalue weighted by Gasteiger charge is -2.37. The van der Waals surface area contributed by atoms with Crippen molar-refractivity contribution in [2.24, 2.45) is 5.92 Å². The van der Waals surface area contributed by atoms with Gasteiger partial charge in [0.05, 0.1) is 6.04 Å². The quantitative estimate of drug-likeness (QED) is 0.907. The van der Waals surface area contributed by atoms with Gasteiger partial charge in [-0.2, -0.15) is 0 Å². The molecule has 4 nitrogen and oxygen atoms in total. The number of rotatable bonds is 2. The van der Waals surface area contributed by atoms with Crippen molar-refractivity contribution in [2.45, 2.75) is 25.4 Å². The van der Waals surface area contributed by atoms with Gasteiger partial charge in [-0.3, -0.25) is 0 Å². The van der Waals surface area contributed by atoms with Gasteiger partial charge in [0.2, 0.25) is 0 Å². The number of carbonyl (C=O) groups is 1. The fourth-order valence-electron chi connectivity index (χ4n) is 3.58. The molecule has 1 aromatic rings. The Kier molecular flexibility index (Phi) is 4.54. The minimum absolute atomic E-state index is 0.0978. The van der Waals surface area contributed by atoms with Crippen LogP contribution in [0, 0.1) is 11.7 Å². The summed E-state index contributed by atoms with van der Waals surface area (Å²) in [6.07, 6.45) is 2.22. The third-order valence-electron chi connectivity index (χ3n) is 4.67. The normalized spacial score (nSPS) is 25.1. The molecule has 2 aliphatic heterocycles. The second-order valence-corrected chi connectivity index (χ2v) is 6.72. The van der Waals surface area contributed by atoms with E-state index in [-0.39, 0.29) is 24.4 Å². The SMILES string of the molecule is CN1C[C@@H]2CCCN(C(=O)NCc3ccc(Cl)cc3F)[C@@H]2C1. The van der Waals surface area contributed by atoms with Crippen LogP contribution in [0.1, 0.15) is 18.4 Å². The highest BCUT2D eigenvalue weighted by Gasteiger charge is 2.39. The summed E-state index contributed by atoms with van der Waals surface area (Å²) in [6.45, 7) is 2.95. The van der Waals surface area contributed by atoms with Crippen molar-refractivity contribution >= 4 is 17.6 Å². The molecule has 3 rings (SSSR count). The van der Waals surface area contributed by atoms with E-state index < -0.39 is 0 Å². The lowest BCUT2D eigenvalue weighted by molar-refractivity contribution is 0.135. The molecule has 0 unspecified atom stereocenters. The summed E-state index contributed by atoms with van der Waals surface area (Å²) >= 11 is 5.74. The minimum Gasteiger partial charge on any atom is -0.334 e. The van der Waals surface area contributed by atoms with Crippen LogP contribution in [-0.2, 0) is 6.54 Å². The molecular formula is C16H21ClFN3O. The maximum atomic E-state index is 13.8. The average Bonchev–Trinajstić information content (AvgIpc) is 2.86. The van der Waals surface area contributed by atoms with E-state index in [9.17, 15) is 9.18 Å². The van der Waals surface area contributed by atoms with E-state index in [1.165, 1.54) is 12.5 Å². The third kappa shape index (κ3) is 3.20. The molecule has 0 saturated carbocycles. The number of benzene rings is 1. The number of urea groups is 1. The van der Waals surface area contributed by atoms with E-state index in [0.29, 0.717) is 16.5 Å². The van der Waals surface area contributed by atoms with E-state index in [1.807, 2.05) is 4.90 Å². The molecule has 1 N–H and O–H groups in total. The lowest BCUT2D eigenvalue weighted by Crippen LogP contribution is -2.52. The van der Waals surface area contributed by atoms with Gasteiger partial charge in [0.15, 0.2) is 0 Å². The first-order chi connectivity index (χ1) is 10.5. The van der Waals surface area contributed by atoms with Crippen molar-refractivity contribution in [1.82, 2.24) is 15.1 Å². The molecule has 2 heterocycles. The number of nitrogens with one attached hydrogen (secondary N) is 1. The maximum absolute atomic E-state index is 13.8. The number of carbonyl (C=O) groups excluding carboxylic acids is 1. The summed E-state index contributed by atoms with van der Waals surface area (Å²) in [5.41, 5.74) is 0.454. The number of amides is 2. The monoisotopic (exact) mass is 325 g/mol. The van der Waals surface area contributed by atoms with Crippen LogP contribution in [0.15, 0.2) is 18.2 Å². The van der Waals surface area contributed by atoms with Gasteiger partial charge in [-0.25, -0.2) is 9.18 Å². The van der Waals surface area contributed by atoms with Crippen molar-refractivity contribution in [2.75, 3.05) is 26.7 Å². The Morgan fingerprint density at radius 1 is 1.45 bits per heavy atom. The average molecular weight is 326 g/mol. The molecule has 120 valence electrons. The van der Waals surface area contributed by atoms with Gasteiger partial charge in [-0.05, 0) is 37.9 Å². The van der Waals surface area contributed by atoms with Crippen LogP contribution < -0.4 is 5.32 Å². The largest absolute Gasteiger partial charge is 0.334 e. The molecule has 0 aliphatic carbocycles. The Hall–Kier alpha value is -1.33. The van der Waals surface area contributed by atoms with E-state index in [2.05, 4.69) is 17.3 Å². The second kappa shape index (κ2) is 6.42. The van der Waals surface area contributed by atoms with Crippen LogP contribution in [0.2, 0.25) is 5.02 Å². The van der Waals surface area contributed by atoms with Gasteiger partial charge in [-0.1, -0.05) is 17.7 Å². The molecule has 2 atom stereocenters. The molecule has 0 aromatic heterocycles. The van der Waals surface area contributed by atoms with Gasteiger partial charge in [-0.15, -0.1) is 0 Å². The molecular weight excluding hydrogens is 305 g/mol. The highest BCUT2D eigenvalue weighted by atomic mass is 35.5. The number of fused-ring (bicyclic) bond motifs is 1. The van der Waals surface area contributed by atoms with Gasteiger partial charge >= 0.3 is 6.03 Å². The van der Waals surface area contributed by atoms with Gasteiger partial charge in [0, 0.05) is 36.8 Å². The van der Waals surface area contributed by atoms with Crippen LogP contribution in [0.25, 0.3) is 0 Å². The second-order valence-electron chi connectivity index (χ2n) is 6.28. The Bertz CT molecular complexity index is 568. The number of halogens is 2. The topological polar surface area (TPSA) is 35.6 Å². The molecule has 0 spiro atoms. The van der Waals surface area contributed by atoms with Crippen molar-refractivity contribution in [3.05, 3.63) is 34.6 Å². The van der Waals surface area contributed by atoms with Crippen molar-refractivity contribution in [1.29, 1.82) is 0 Å². The first kappa shape index (κ1) is 15.6. The van der Waals surface area contributed by atoms with Crippen LogP contribution >= 0.6 is 11.6 Å². The van der Waals surface area contributed by atoms with E-state index in [0.717, 1.165) is 26.1 Å². The molecule has 22 heavy (non-hydrogen) atoms. The molecule has 2 saturated heterocycles. The van der Waals surface area contributed by atoms with E-state index in [1.54, 1.807) is 12.1 Å². The van der Waals surface area contributed by atoms with Crippen LogP contribution in [-0.4, -0.2) is 48.6 Å². The summed E-state index contributed by atoms with van der Waals surface area (Å²) in [5.74, 6) is 0.182. The van der Waals surface area contributed by atoms with Gasteiger partial charge in [0.25, 0.3) is 0 Å². The highest BCUT2D eigenvalue weighted by molar-refractivity contribution is 6.30. The first-order valence-corrected chi connectivity index (χ1v) is 8.09. The molecule has 1 aromatic carbocycles. The van der Waals surface area contributed by atoms with Gasteiger partial charge in [0.1, 0.15) is 5.82 Å². The maximum Gasteiger partial charge on any atom is 0.317 e. The summed E-state index contributed by atoms with van der Waals surface area (Å²) in [6, 6.07) is 4.70. The van der Waals surface area contributed by atoms with Crippen LogP contribution in [0.4, 0.5) is 9.18 Å². The van der Waals surface area contributed by atoms with Crippen molar-refractivity contribution < 1.29 is 9.18 Å². The van der Waals surface area contributed by atoms with Gasteiger partial charge < -0.3 is 15.1 Å². The fourth-order valence-corrected chi connectivity index (χ4v) is 3.74. The standard InChI is InChI=1S/C16H21ClFN3O/c1-20-9-12-3-2-6-21(15(12)10-20)16(22)19-8-11-4-5-13(17)7-14(11)18/h4-5,7,12,15H,2-3,6,8-10H2,1H3,(H,19,22)/t12-,15+/m0/s1. The molecule has 2 amide bonds. The summed E-state index contributed by atoms with van der Waals surface area (Å²) in [4.78, 5) is 16.6. The highest BCUT2D eigenvalue weighted by Crippen LogP contribution is 2.29. The molecule has 6 heteroatoms. The fraction of sp³-hybridized carbons (Fsp3) is 0.562. The smallest absolute Gasteiger partial charge is 0.317 e. The number of hydrogen-bond donors (Lipinski definition) is 1. The summed E-state index contributed by atoms with van der Waals surface area (Å²) in [7, 11) is 2.09. The Morgan fingerprint density at radius 2 is 2.27 bits per heavy atom. The number of nitrogens with zero attached hydrogens (tertiary/aromatic N) is 2. The molecule has 2 aliphatic rings. The Balaban J connectivity index is 1.61. The predicted octanol–water partition coefficient (Wildman–Crippen LogP) is 2.71. The first-order valence-electron chi connectivity index (χ1n) is 7.71. The molecule has 2 fully saturated rings. The Morgan fingerprint density at radius 3 is 3.05 bits per heavy atom. The number of piperidine rings is 1. The van der Waals surface area contributed by atoms with Crippen LogP contribution in [0.5, 0.6) is 0 Å². The summed E-state index contributed by atoms with van der Waals surface area (Å²) < 4.78 is 13.8. The molecule has 0 bridgehead atoms. The van der Waals surface area contributed by atoms with Crippen molar-refractivity contribution in [3.63, 3.8) is 0 Å². The third-order valence-corrected chi connectivity index (χ3v) is 4.90. The number of likely N-dealkylation sites (N-methyl/N-ethyl adjacent to an activating group) is 1. The van der Waals surface area contributed by atoms with Crippen LogP contribution in [0.3, 0.4) is 0 Å². The number of likely N-dealkylation sites (tertiary alicyclic amines) is 2. The lowest BCUT2D eigenvalue weighted by atomic mass is 9.92. The number of hydrogen-bond acceptors (Lipinski definition) is 2. The molecule has 0 radical (unpaired) electrons. The zero-order chi connectivity index (χ0) is 15.7. The zero-order valence-electron chi connectivity index (χ0n) is 12.7.